The molecule has 0 aliphatic rings. The van der Waals surface area contributed by atoms with E-state index in [1.807, 2.05) is 19.9 Å². The predicted molar refractivity (Wildman–Crippen MR) is 121 cm³/mol. The molecule has 2 aromatic heterocycles. The fourth-order valence-corrected chi connectivity index (χ4v) is 4.54. The molecule has 7 nitrogen and oxygen atoms in total. The van der Waals surface area contributed by atoms with E-state index < -0.39 is 15.3 Å². The molecule has 0 bridgehead atoms. The van der Waals surface area contributed by atoms with Gasteiger partial charge in [-0.1, -0.05) is 19.9 Å². The van der Waals surface area contributed by atoms with Crippen LogP contribution in [-0.4, -0.2) is 32.6 Å². The van der Waals surface area contributed by atoms with Gasteiger partial charge in [0.05, 0.1) is 27.7 Å². The van der Waals surface area contributed by atoms with Gasteiger partial charge in [0, 0.05) is 17.0 Å². The van der Waals surface area contributed by atoms with E-state index in [1.165, 1.54) is 12.1 Å². The van der Waals surface area contributed by atoms with Crippen LogP contribution >= 0.6 is 0 Å². The molecule has 4 rings (SSSR count). The van der Waals surface area contributed by atoms with Gasteiger partial charge < -0.3 is 10.7 Å². The second-order valence-corrected chi connectivity index (χ2v) is 10.4. The number of anilines is 1. The van der Waals surface area contributed by atoms with Crippen molar-refractivity contribution in [3.05, 3.63) is 54.1 Å². The molecule has 162 valence electrons. The van der Waals surface area contributed by atoms with Crippen molar-refractivity contribution >= 4 is 27.0 Å². The lowest BCUT2D eigenvalue weighted by molar-refractivity contribution is 0.580. The summed E-state index contributed by atoms with van der Waals surface area (Å²) in [7, 11) is -3.71. The zero-order valence-corrected chi connectivity index (χ0v) is 18.5. The monoisotopic (exact) mass is 441 g/mol. The van der Waals surface area contributed by atoms with Crippen molar-refractivity contribution in [2.75, 3.05) is 5.73 Å². The molecule has 0 unspecified atom stereocenters. The summed E-state index contributed by atoms with van der Waals surface area (Å²) in [6, 6.07) is 11.4. The molecule has 9 heteroatoms. The maximum atomic E-state index is 13.5. The maximum absolute atomic E-state index is 13.5. The number of nitrogens with one attached hydrogen (secondary N) is 1. The molecule has 0 saturated carbocycles. The van der Waals surface area contributed by atoms with E-state index in [0.29, 0.717) is 22.3 Å². The number of nitrogen functional groups attached to an aromatic ring is 1. The number of nitrogens with zero attached hydrogens (tertiary/aromatic N) is 3. The van der Waals surface area contributed by atoms with Crippen molar-refractivity contribution in [2.45, 2.75) is 38.9 Å². The summed E-state index contributed by atoms with van der Waals surface area (Å²) in [5, 5.41) is -0.663. The third-order valence-corrected chi connectivity index (χ3v) is 7.25. The lowest BCUT2D eigenvalue weighted by Crippen LogP contribution is -2.23. The van der Waals surface area contributed by atoms with Gasteiger partial charge in [0.1, 0.15) is 11.6 Å². The van der Waals surface area contributed by atoms with Crippen LogP contribution in [0.3, 0.4) is 0 Å². The van der Waals surface area contributed by atoms with Gasteiger partial charge in [0.25, 0.3) is 0 Å². The molecule has 0 amide bonds. The van der Waals surface area contributed by atoms with Gasteiger partial charge in [0.15, 0.2) is 0 Å². The summed E-state index contributed by atoms with van der Waals surface area (Å²) < 4.78 is 40.3. The zero-order valence-electron chi connectivity index (χ0n) is 17.7. The number of rotatable bonds is 5. The molecular weight excluding hydrogens is 417 g/mol. The molecule has 3 N–H and O–H groups in total. The first-order chi connectivity index (χ1) is 14.6. The summed E-state index contributed by atoms with van der Waals surface area (Å²) in [5.74, 6) is 0.509. The summed E-state index contributed by atoms with van der Waals surface area (Å²) >= 11 is 0. The Morgan fingerprint density at radius 3 is 2.26 bits per heavy atom. The van der Waals surface area contributed by atoms with Crippen molar-refractivity contribution in [3.63, 3.8) is 0 Å². The third-order valence-electron chi connectivity index (χ3n) is 5.16. The fourth-order valence-electron chi connectivity index (χ4n) is 3.40. The Morgan fingerprint density at radius 1 is 1.00 bits per heavy atom. The fraction of sp³-hybridized carbons (Fsp3) is 0.273. The van der Waals surface area contributed by atoms with Crippen LogP contribution in [0.15, 0.2) is 42.5 Å². The van der Waals surface area contributed by atoms with Gasteiger partial charge in [-0.3, -0.25) is 0 Å². The topological polar surface area (TPSA) is 107 Å². The van der Waals surface area contributed by atoms with Crippen LogP contribution in [0.4, 0.5) is 10.3 Å². The second kappa shape index (κ2) is 7.49. The number of hydrogen-bond acceptors (Lipinski definition) is 5. The van der Waals surface area contributed by atoms with E-state index in [-0.39, 0.29) is 17.7 Å². The molecule has 0 aliphatic carbocycles. The van der Waals surface area contributed by atoms with Gasteiger partial charge >= 0.3 is 0 Å². The Bertz CT molecular complexity index is 1370. The Morgan fingerprint density at radius 2 is 1.65 bits per heavy atom. The second-order valence-electron chi connectivity index (χ2n) is 8.04. The van der Waals surface area contributed by atoms with E-state index in [0.717, 1.165) is 21.1 Å². The summed E-state index contributed by atoms with van der Waals surface area (Å²) in [5.41, 5.74) is 9.69. The maximum Gasteiger partial charge on any atom is 0.244 e. The third kappa shape index (κ3) is 3.59. The molecule has 0 aliphatic heterocycles. The Hall–Kier alpha value is -3.20. The first kappa shape index (κ1) is 21.0. The van der Waals surface area contributed by atoms with Gasteiger partial charge in [0.2, 0.25) is 16.0 Å². The van der Waals surface area contributed by atoms with E-state index in [4.69, 9.17) is 10.7 Å². The average molecular weight is 442 g/mol. The van der Waals surface area contributed by atoms with Crippen molar-refractivity contribution in [3.8, 4) is 22.5 Å². The highest BCUT2D eigenvalue weighted by Gasteiger charge is 2.25. The molecule has 0 saturated heterocycles. The summed E-state index contributed by atoms with van der Waals surface area (Å²) in [4.78, 5) is 12.3. The van der Waals surface area contributed by atoms with Gasteiger partial charge in [-0.05, 0) is 50.2 Å². The normalized spacial score (nSPS) is 12.4. The minimum absolute atomic E-state index is 0.0792. The van der Waals surface area contributed by atoms with Gasteiger partial charge in [-0.2, -0.15) is 0 Å². The number of imidazole rings is 2. The standard InChI is InChI=1S/C22H24FN5O2S/c1-12(2)21-26-19(14-5-8-16(23)9-6-14)20(27-21)15-7-10-17-18(11-15)28(22(24)25-17)31(29,30)13(3)4/h5-13H,1-4H3,(H2,24,25)(H,26,27). The molecule has 4 aromatic rings. The van der Waals surface area contributed by atoms with Gasteiger partial charge in [-0.15, -0.1) is 0 Å². The first-order valence-corrected chi connectivity index (χ1v) is 11.5. The lowest BCUT2D eigenvalue weighted by atomic mass is 10.0. The van der Waals surface area contributed by atoms with E-state index >= 15 is 0 Å². The van der Waals surface area contributed by atoms with Gasteiger partial charge in [-0.25, -0.2) is 26.7 Å². The lowest BCUT2D eigenvalue weighted by Gasteiger charge is -2.11. The average Bonchev–Trinajstić information content (AvgIpc) is 3.29. The van der Waals surface area contributed by atoms with Crippen LogP contribution in [0.1, 0.15) is 39.4 Å². The van der Waals surface area contributed by atoms with Crippen molar-refractivity contribution in [2.24, 2.45) is 0 Å². The van der Waals surface area contributed by atoms with Crippen LogP contribution in [0.25, 0.3) is 33.5 Å². The molecule has 0 spiro atoms. The minimum Gasteiger partial charge on any atom is -0.368 e. The van der Waals surface area contributed by atoms with Crippen LogP contribution < -0.4 is 5.73 Å². The highest BCUT2D eigenvalue weighted by atomic mass is 32.2. The first-order valence-electron chi connectivity index (χ1n) is 9.98. The molecular formula is C22H24FN5O2S. The largest absolute Gasteiger partial charge is 0.368 e. The SMILES string of the molecule is CC(C)c1nc(-c2ccc3nc(N)n(S(=O)(=O)C(C)C)c3c2)c(-c2ccc(F)cc2)[nH]1. The molecule has 2 aromatic carbocycles. The van der Waals surface area contributed by atoms with E-state index in [1.54, 1.807) is 38.1 Å². The van der Waals surface area contributed by atoms with Crippen molar-refractivity contribution in [1.82, 2.24) is 18.9 Å². The predicted octanol–water partition coefficient (Wildman–Crippen LogP) is 4.52. The molecule has 0 radical (unpaired) electrons. The van der Waals surface area contributed by atoms with E-state index in [9.17, 15) is 12.8 Å². The number of H-pyrrole nitrogens is 1. The molecule has 31 heavy (non-hydrogen) atoms. The van der Waals surface area contributed by atoms with Crippen LogP contribution in [0.2, 0.25) is 0 Å². The number of aromatic nitrogens is 4. The van der Waals surface area contributed by atoms with Crippen LogP contribution in [0.5, 0.6) is 0 Å². The van der Waals surface area contributed by atoms with Crippen LogP contribution in [-0.2, 0) is 10.0 Å². The number of halogens is 1. The van der Waals surface area contributed by atoms with Crippen molar-refractivity contribution in [1.29, 1.82) is 0 Å². The Labute approximate surface area is 180 Å². The summed E-state index contributed by atoms with van der Waals surface area (Å²) in [6.45, 7) is 7.23. The summed E-state index contributed by atoms with van der Waals surface area (Å²) in [6.07, 6.45) is 0. The number of aromatic amines is 1. The number of fused-ring (bicyclic) bond motifs is 1. The smallest absolute Gasteiger partial charge is 0.244 e. The van der Waals surface area contributed by atoms with E-state index in [2.05, 4.69) is 9.97 Å². The molecule has 0 fully saturated rings. The number of hydrogen-bond donors (Lipinski definition) is 2. The highest BCUT2D eigenvalue weighted by molar-refractivity contribution is 7.90. The number of benzene rings is 2. The highest BCUT2D eigenvalue weighted by Crippen LogP contribution is 2.34. The minimum atomic E-state index is -3.71. The molecule has 0 atom stereocenters. The number of nitrogens with two attached hydrogens (primary N) is 1. The quantitative estimate of drug-likeness (QED) is 0.473. The zero-order chi connectivity index (χ0) is 22.5. The Balaban J connectivity index is 1.96. The molecule has 2 heterocycles. The van der Waals surface area contributed by atoms with Crippen molar-refractivity contribution < 1.29 is 12.8 Å². The van der Waals surface area contributed by atoms with Crippen LogP contribution in [0, 0.1) is 5.82 Å². The Kier molecular flexibility index (Phi) is 5.09.